The van der Waals surface area contributed by atoms with Crippen molar-refractivity contribution < 1.29 is 22.8 Å². The third-order valence-corrected chi connectivity index (χ3v) is 5.06. The number of carbonyl (C=O) groups is 1. The molecule has 0 saturated carbocycles. The zero-order valence-corrected chi connectivity index (χ0v) is 19.5. The smallest absolute Gasteiger partial charge is 0.337 e. The van der Waals surface area contributed by atoms with Gasteiger partial charge in [-0.25, -0.2) is 4.79 Å². The van der Waals surface area contributed by atoms with E-state index in [0.717, 1.165) is 0 Å². The van der Waals surface area contributed by atoms with E-state index in [1.165, 1.54) is 0 Å². The summed E-state index contributed by atoms with van der Waals surface area (Å²) in [5.74, 6) is -2.02. The Hall–Kier alpha value is -0.259. The fourth-order valence-electron chi connectivity index (χ4n) is 1.62. The van der Waals surface area contributed by atoms with E-state index in [-0.39, 0.29) is 6.61 Å². The first kappa shape index (κ1) is 22.7. The topological polar surface area (TPSA) is 54.0 Å². The monoisotopic (exact) mass is 378 g/mol. The second-order valence-corrected chi connectivity index (χ2v) is 22.1. The predicted molar refractivity (Wildman–Crippen MR) is 102 cm³/mol. The van der Waals surface area contributed by atoms with Crippen LogP contribution in [0.5, 0.6) is 0 Å². The molecule has 0 rings (SSSR count). The van der Waals surface area contributed by atoms with Gasteiger partial charge in [0.15, 0.2) is 25.0 Å². The van der Waals surface area contributed by atoms with E-state index in [4.69, 9.17) is 18.0 Å². The van der Waals surface area contributed by atoms with Crippen LogP contribution in [-0.4, -0.2) is 43.5 Å². The first-order valence-electron chi connectivity index (χ1n) is 7.88. The maximum Gasteiger partial charge on any atom is 0.337 e. The molecular formula is C15H34O5Si3. The van der Waals surface area contributed by atoms with Gasteiger partial charge < -0.3 is 18.0 Å². The van der Waals surface area contributed by atoms with E-state index in [2.05, 4.69) is 26.2 Å². The van der Waals surface area contributed by atoms with Gasteiger partial charge in [0.25, 0.3) is 0 Å². The van der Waals surface area contributed by atoms with Crippen molar-refractivity contribution in [1.82, 2.24) is 0 Å². The molecule has 0 N–H and O–H groups in total. The van der Waals surface area contributed by atoms with Gasteiger partial charge in [0.05, 0.1) is 0 Å². The van der Waals surface area contributed by atoms with Gasteiger partial charge in [0, 0.05) is 5.57 Å². The summed E-state index contributed by atoms with van der Waals surface area (Å²) in [6.45, 7) is 23.7. The molecule has 0 saturated heterocycles. The minimum atomic E-state index is -2.06. The molecule has 0 radical (unpaired) electrons. The van der Waals surface area contributed by atoms with Gasteiger partial charge in [-0.3, -0.25) is 0 Å². The fourth-order valence-corrected chi connectivity index (χ4v) is 4.46. The molecule has 0 aliphatic heterocycles. The first-order valence-corrected chi connectivity index (χ1v) is 18.1. The number of hydrogen-bond donors (Lipinski definition) is 0. The Morgan fingerprint density at radius 3 is 1.52 bits per heavy atom. The van der Waals surface area contributed by atoms with Crippen LogP contribution in [0.25, 0.3) is 0 Å². The van der Waals surface area contributed by atoms with Gasteiger partial charge >= 0.3 is 11.9 Å². The molecular weight excluding hydrogens is 344 g/mol. The molecule has 0 aliphatic carbocycles. The predicted octanol–water partition coefficient (Wildman–Crippen LogP) is 4.31. The van der Waals surface area contributed by atoms with Gasteiger partial charge in [-0.15, -0.1) is 0 Å². The molecule has 0 bridgehead atoms. The van der Waals surface area contributed by atoms with Crippen LogP contribution in [0.15, 0.2) is 12.2 Å². The molecule has 136 valence electrons. The average molecular weight is 379 g/mol. The number of carbonyl (C=O) groups excluding carboxylic acids is 1. The molecule has 0 spiro atoms. The molecule has 0 fully saturated rings. The summed E-state index contributed by atoms with van der Waals surface area (Å²) >= 11 is 0. The molecule has 8 heteroatoms. The van der Waals surface area contributed by atoms with Crippen molar-refractivity contribution in [2.75, 3.05) is 6.61 Å². The quantitative estimate of drug-likeness (QED) is 0.259. The van der Waals surface area contributed by atoms with Gasteiger partial charge in [-0.2, -0.15) is 0 Å². The van der Waals surface area contributed by atoms with Crippen molar-refractivity contribution in [3.05, 3.63) is 12.2 Å². The highest BCUT2D eigenvalue weighted by Crippen LogP contribution is 2.28. The van der Waals surface area contributed by atoms with E-state index < -0.39 is 36.9 Å². The first-order chi connectivity index (χ1) is 9.95. The largest absolute Gasteiger partial charge is 0.408 e. The molecule has 0 aromatic rings. The second-order valence-electron chi connectivity index (χ2n) is 8.68. The van der Waals surface area contributed by atoms with Crippen molar-refractivity contribution >= 4 is 30.9 Å². The number of ether oxygens (including phenoxy) is 1. The maximum atomic E-state index is 12.2. The SMILES string of the molecule is C=C(C)C(=O)OC(CO[Si](C)(C)C)(O[Si](C)(C)C)O[Si](C)(C)C. The molecule has 0 heterocycles. The third-order valence-electron chi connectivity index (χ3n) is 2.20. The van der Waals surface area contributed by atoms with Crippen LogP contribution in [0.2, 0.25) is 58.9 Å². The Morgan fingerprint density at radius 2 is 1.26 bits per heavy atom. The van der Waals surface area contributed by atoms with Crippen molar-refractivity contribution in [2.45, 2.75) is 71.8 Å². The zero-order valence-electron chi connectivity index (χ0n) is 16.5. The van der Waals surface area contributed by atoms with E-state index in [9.17, 15) is 4.79 Å². The summed E-state index contributed by atoms with van der Waals surface area (Å²) < 4.78 is 24.0. The summed E-state index contributed by atoms with van der Waals surface area (Å²) in [6, 6.07) is 0. The lowest BCUT2D eigenvalue weighted by molar-refractivity contribution is -0.305. The number of hydrogen-bond acceptors (Lipinski definition) is 5. The highest BCUT2D eigenvalue weighted by atomic mass is 28.4. The van der Waals surface area contributed by atoms with Crippen LogP contribution >= 0.6 is 0 Å². The molecule has 0 unspecified atom stereocenters. The lowest BCUT2D eigenvalue weighted by Gasteiger charge is -2.42. The molecule has 0 amide bonds. The van der Waals surface area contributed by atoms with Gasteiger partial charge in [0.2, 0.25) is 0 Å². The van der Waals surface area contributed by atoms with Crippen molar-refractivity contribution in [3.63, 3.8) is 0 Å². The fraction of sp³-hybridized carbons (Fsp3) is 0.800. The summed E-state index contributed by atoms with van der Waals surface area (Å²) in [5.41, 5.74) is 0.306. The molecule has 0 aromatic heterocycles. The molecule has 0 aromatic carbocycles. The Labute approximate surface area is 144 Å². The maximum absolute atomic E-state index is 12.2. The van der Waals surface area contributed by atoms with Crippen LogP contribution < -0.4 is 0 Å². The minimum Gasteiger partial charge on any atom is -0.408 e. The normalized spacial score (nSPS) is 13.8. The number of esters is 1. The summed E-state index contributed by atoms with van der Waals surface area (Å²) in [4.78, 5) is 12.2. The summed E-state index contributed by atoms with van der Waals surface area (Å²) in [7, 11) is -5.97. The lowest BCUT2D eigenvalue weighted by Crippen LogP contribution is -2.56. The number of rotatable bonds is 9. The zero-order chi connectivity index (χ0) is 18.7. The van der Waals surface area contributed by atoms with Crippen molar-refractivity contribution in [1.29, 1.82) is 0 Å². The van der Waals surface area contributed by atoms with Crippen molar-refractivity contribution in [3.8, 4) is 0 Å². The lowest BCUT2D eigenvalue weighted by atomic mass is 10.4. The third kappa shape index (κ3) is 11.0. The van der Waals surface area contributed by atoms with Crippen LogP contribution in [0.1, 0.15) is 6.92 Å². The molecule has 23 heavy (non-hydrogen) atoms. The van der Waals surface area contributed by atoms with Crippen LogP contribution in [0.3, 0.4) is 0 Å². The minimum absolute atomic E-state index is 0.0796. The standard InChI is InChI=1S/C15H34O5Si3/c1-13(2)14(16)18-15(19-22(6,7)8,20-23(9,10)11)12-17-21(3,4)5/h1,12H2,2-11H3. The Balaban J connectivity index is 5.68. The van der Waals surface area contributed by atoms with E-state index >= 15 is 0 Å². The van der Waals surface area contributed by atoms with Crippen LogP contribution in [0.4, 0.5) is 0 Å². The molecule has 5 nitrogen and oxygen atoms in total. The van der Waals surface area contributed by atoms with Gasteiger partial charge in [0.1, 0.15) is 6.61 Å². The Kier molecular flexibility index (Phi) is 7.66. The average Bonchev–Trinajstić information content (AvgIpc) is 2.20. The summed E-state index contributed by atoms with van der Waals surface area (Å²) in [6.07, 6.45) is 0. The Morgan fingerprint density at radius 1 is 0.870 bits per heavy atom. The van der Waals surface area contributed by atoms with Crippen molar-refractivity contribution in [2.24, 2.45) is 0 Å². The van der Waals surface area contributed by atoms with Crippen LogP contribution in [-0.2, 0) is 22.8 Å². The highest BCUT2D eigenvalue weighted by Gasteiger charge is 2.46. The summed E-state index contributed by atoms with van der Waals surface area (Å²) in [5, 5.41) is 0. The van der Waals surface area contributed by atoms with E-state index in [0.29, 0.717) is 5.57 Å². The highest BCUT2D eigenvalue weighted by molar-refractivity contribution is 6.71. The second kappa shape index (κ2) is 7.75. The molecule has 0 aliphatic rings. The Bertz CT molecular complexity index is 414. The van der Waals surface area contributed by atoms with E-state index in [1.807, 2.05) is 39.3 Å². The molecule has 0 atom stereocenters. The van der Waals surface area contributed by atoms with Gasteiger partial charge in [-0.05, 0) is 65.8 Å². The van der Waals surface area contributed by atoms with Gasteiger partial charge in [-0.1, -0.05) is 6.58 Å². The van der Waals surface area contributed by atoms with E-state index in [1.54, 1.807) is 6.92 Å². The van der Waals surface area contributed by atoms with Crippen LogP contribution in [0, 0.1) is 0 Å².